The fraction of sp³-hybridized carbons (Fsp3) is 0.754. The van der Waals surface area contributed by atoms with Crippen LogP contribution in [0.5, 0.6) is 0 Å². The van der Waals surface area contributed by atoms with Crippen molar-refractivity contribution in [2.75, 3.05) is 41.1 Å². The van der Waals surface area contributed by atoms with Gasteiger partial charge in [-0.3, -0.25) is 24.0 Å². The zero-order valence-corrected chi connectivity index (χ0v) is 46.0. The molecule has 0 aromatic carbocycles. The highest BCUT2D eigenvalue weighted by atomic mass is 16.6. The second kappa shape index (κ2) is 29.0. The van der Waals surface area contributed by atoms with Crippen LogP contribution in [-0.2, 0) is 57.2 Å². The first-order chi connectivity index (χ1) is 35.0. The van der Waals surface area contributed by atoms with Gasteiger partial charge in [-0.05, 0) is 120 Å². The van der Waals surface area contributed by atoms with Gasteiger partial charge in [-0.25, -0.2) is 4.79 Å². The van der Waals surface area contributed by atoms with Crippen molar-refractivity contribution in [3.8, 4) is 0 Å². The molecule has 1 aliphatic carbocycles. The fourth-order valence-corrected chi connectivity index (χ4v) is 10.7. The second-order valence-electron chi connectivity index (χ2n) is 22.2. The van der Waals surface area contributed by atoms with Crippen LogP contribution in [-0.4, -0.2) is 156 Å². The van der Waals surface area contributed by atoms with Crippen LogP contribution in [0.1, 0.15) is 139 Å². The van der Waals surface area contributed by atoms with Gasteiger partial charge in [-0.1, -0.05) is 71.1 Å². The Morgan fingerprint density at radius 1 is 0.851 bits per heavy atom. The van der Waals surface area contributed by atoms with Crippen molar-refractivity contribution in [3.05, 3.63) is 47.6 Å². The second-order valence-corrected chi connectivity index (χ2v) is 22.2. The van der Waals surface area contributed by atoms with Crippen LogP contribution in [0.4, 0.5) is 0 Å². The fourth-order valence-electron chi connectivity index (χ4n) is 10.7. The van der Waals surface area contributed by atoms with Gasteiger partial charge in [0.1, 0.15) is 41.7 Å². The van der Waals surface area contributed by atoms with Gasteiger partial charge in [0, 0.05) is 58.5 Å². The molecule has 4 aliphatic rings. The van der Waals surface area contributed by atoms with Gasteiger partial charge in [0.25, 0.3) is 11.7 Å². The van der Waals surface area contributed by atoms with Gasteiger partial charge >= 0.3 is 11.9 Å². The number of aliphatic hydroxyl groups excluding tert-OH is 3. The number of ether oxygens (including phenoxy) is 6. The van der Waals surface area contributed by atoms with Crippen LogP contribution in [0.3, 0.4) is 0 Å². The molecule has 418 valence electrons. The molecular weight excluding hydrogens is 955 g/mol. The zero-order valence-electron chi connectivity index (χ0n) is 46.0. The highest BCUT2D eigenvalue weighted by Gasteiger charge is 2.53. The lowest BCUT2D eigenvalue weighted by Gasteiger charge is -2.42. The number of ketones is 3. The van der Waals surface area contributed by atoms with Crippen molar-refractivity contribution in [3.63, 3.8) is 0 Å². The van der Waals surface area contributed by atoms with E-state index in [9.17, 15) is 49.2 Å². The minimum atomic E-state index is -2.47. The highest BCUT2D eigenvalue weighted by molar-refractivity contribution is 6.39. The van der Waals surface area contributed by atoms with E-state index < -0.39 is 120 Å². The molecule has 17 heteroatoms. The summed E-state index contributed by atoms with van der Waals surface area (Å²) in [5.41, 5.74) is -0.256. The molecule has 0 unspecified atom stereocenters. The predicted molar refractivity (Wildman–Crippen MR) is 276 cm³/mol. The van der Waals surface area contributed by atoms with Crippen LogP contribution >= 0.6 is 0 Å². The highest BCUT2D eigenvalue weighted by Crippen LogP contribution is 2.38. The minimum Gasteiger partial charge on any atom is -0.460 e. The van der Waals surface area contributed by atoms with E-state index in [0.29, 0.717) is 76.2 Å². The van der Waals surface area contributed by atoms with E-state index in [2.05, 4.69) is 6.92 Å². The summed E-state index contributed by atoms with van der Waals surface area (Å²) in [5.74, 6) is -9.15. The summed E-state index contributed by atoms with van der Waals surface area (Å²) in [7, 11) is 4.44. The quantitative estimate of drug-likeness (QED) is 0.110. The monoisotopic (exact) mass is 1040 g/mol. The third kappa shape index (κ3) is 16.3. The van der Waals surface area contributed by atoms with Gasteiger partial charge in [0.05, 0.1) is 31.5 Å². The first-order valence-electron chi connectivity index (χ1n) is 26.9. The Balaban J connectivity index is 1.69. The maximum atomic E-state index is 14.6. The zero-order chi connectivity index (χ0) is 55.1. The Morgan fingerprint density at radius 3 is 2.20 bits per heavy atom. The molecule has 0 spiro atoms. The van der Waals surface area contributed by atoms with Crippen molar-refractivity contribution in [2.24, 2.45) is 40.9 Å². The van der Waals surface area contributed by atoms with Gasteiger partial charge in [-0.2, -0.15) is 0 Å². The number of aliphatic hydroxyl groups is 4. The number of hydrogen-bond acceptors (Lipinski definition) is 16. The van der Waals surface area contributed by atoms with Crippen molar-refractivity contribution < 1.29 is 77.6 Å². The first-order valence-corrected chi connectivity index (χ1v) is 26.9. The SMILES string of the molecule is CO[C@H]1C[C@@H]2CC[C@@H](C)[C@@](O)(O2)C(=O)C(=O)N2CCCC[C@H]2C(=O)O[C@H]([C@H](C)C[C@@H]2CC[C@@H](OC(=O)C(C)(CO)CO)[C@H](OC)C2)CC(=O)[C@H](C)/C=C(\C)[C@@H](O)[C@@H](OC)C(=O)[C@H](C)CC[C@H](C)/C=C/C=C/C=C/1C. The number of hydrogen-bond donors (Lipinski definition) is 4. The van der Waals surface area contributed by atoms with E-state index in [1.807, 2.05) is 51.2 Å². The molecule has 0 radical (unpaired) electrons. The third-order valence-corrected chi connectivity index (χ3v) is 16.2. The number of rotatable bonds is 10. The number of carbonyl (C=O) groups is 6. The molecule has 17 nitrogen and oxygen atoms in total. The molecular formula is C57H89NO16. The number of nitrogens with zero attached hydrogens (tertiary/aromatic N) is 1. The summed E-state index contributed by atoms with van der Waals surface area (Å²) in [6.07, 6.45) is 10.8. The molecule has 4 rings (SSSR count). The molecule has 3 aliphatic heterocycles. The van der Waals surface area contributed by atoms with Crippen molar-refractivity contribution in [2.45, 2.75) is 193 Å². The molecule has 2 bridgehead atoms. The number of fused-ring (bicyclic) bond motifs is 3. The van der Waals surface area contributed by atoms with Crippen LogP contribution in [0.25, 0.3) is 0 Å². The van der Waals surface area contributed by atoms with Crippen LogP contribution in [0, 0.1) is 40.9 Å². The lowest BCUT2D eigenvalue weighted by Crippen LogP contribution is -2.61. The summed E-state index contributed by atoms with van der Waals surface area (Å²) in [5, 5.41) is 43.1. The molecule has 74 heavy (non-hydrogen) atoms. The molecule has 0 aromatic heterocycles. The Bertz CT molecular complexity index is 2030. The minimum absolute atomic E-state index is 0.0382. The predicted octanol–water partition coefficient (Wildman–Crippen LogP) is 6.11. The summed E-state index contributed by atoms with van der Waals surface area (Å²) < 4.78 is 35.5. The van der Waals surface area contributed by atoms with Gasteiger partial charge in [0.15, 0.2) is 5.78 Å². The van der Waals surface area contributed by atoms with Crippen LogP contribution in [0.15, 0.2) is 47.6 Å². The molecule has 3 heterocycles. The van der Waals surface area contributed by atoms with Crippen molar-refractivity contribution in [1.82, 2.24) is 4.90 Å². The van der Waals surface area contributed by atoms with Crippen LogP contribution < -0.4 is 0 Å². The number of carbonyl (C=O) groups excluding carboxylic acids is 6. The van der Waals surface area contributed by atoms with Gasteiger partial charge in [-0.15, -0.1) is 0 Å². The molecule has 4 N–H and O–H groups in total. The smallest absolute Gasteiger partial charge is 0.329 e. The van der Waals surface area contributed by atoms with Crippen molar-refractivity contribution >= 4 is 35.2 Å². The molecule has 0 aromatic rings. The average Bonchev–Trinajstić information content (AvgIpc) is 3.39. The van der Waals surface area contributed by atoms with E-state index in [1.165, 1.54) is 21.1 Å². The van der Waals surface area contributed by atoms with E-state index in [4.69, 9.17) is 28.4 Å². The maximum Gasteiger partial charge on any atom is 0.329 e. The molecule has 15 atom stereocenters. The number of methoxy groups -OCH3 is 3. The number of Topliss-reactive ketones (excluding diaryl/α,β-unsaturated/α-hetero) is 3. The van der Waals surface area contributed by atoms with Crippen molar-refractivity contribution in [1.29, 1.82) is 0 Å². The Labute approximate surface area is 439 Å². The van der Waals surface area contributed by atoms with Gasteiger partial charge in [0.2, 0.25) is 5.79 Å². The largest absolute Gasteiger partial charge is 0.460 e. The number of amides is 1. The lowest BCUT2D eigenvalue weighted by atomic mass is 9.78. The van der Waals surface area contributed by atoms with Crippen LogP contribution in [0.2, 0.25) is 0 Å². The molecule has 2 saturated heterocycles. The first kappa shape index (κ1) is 62.6. The molecule has 1 amide bonds. The summed E-state index contributed by atoms with van der Waals surface area (Å²) in [4.78, 5) is 85.4. The Hall–Kier alpha value is -3.94. The average molecular weight is 1040 g/mol. The normalized spacial score (nSPS) is 37.3. The summed E-state index contributed by atoms with van der Waals surface area (Å²) in [6, 6.07) is -1.20. The third-order valence-electron chi connectivity index (χ3n) is 16.2. The summed E-state index contributed by atoms with van der Waals surface area (Å²) >= 11 is 0. The molecule has 1 saturated carbocycles. The Kier molecular flexibility index (Phi) is 24.5. The van der Waals surface area contributed by atoms with E-state index in [-0.39, 0.29) is 42.8 Å². The Morgan fingerprint density at radius 2 is 1.55 bits per heavy atom. The number of esters is 2. The van der Waals surface area contributed by atoms with E-state index in [1.54, 1.807) is 34.0 Å². The number of cyclic esters (lactones) is 1. The lowest BCUT2D eigenvalue weighted by molar-refractivity contribution is -0.265. The topological polar surface area (TPSA) is 242 Å². The number of allylic oxidation sites excluding steroid dienone is 6. The van der Waals surface area contributed by atoms with E-state index in [0.717, 1.165) is 10.5 Å². The number of piperidine rings is 1. The van der Waals surface area contributed by atoms with Gasteiger partial charge < -0.3 is 53.7 Å². The maximum absolute atomic E-state index is 14.6. The van der Waals surface area contributed by atoms with E-state index >= 15 is 0 Å². The standard InChI is InChI=1S/C57H89NO16/c1-34-17-13-12-14-18-35(2)46(69-9)30-42-24-22-40(7)57(68,74-42)52(64)53(65)58-26-16-15-19-43(58)54(66)72-47(31-44(61)37(4)27-39(6)50(63)51(71-11)49(62)36(3)21-20-34)38(5)28-41-23-25-45(48(29-41)70-10)73-55(67)56(8,32-59)33-60/h12-14,17-18,27,34,36-38,40-43,45-48,50-51,59-60,63,68H,15-16,19-26,28-33H2,1-11H3/b14-12+,17-13+,35-18+,39-27+/t34-,36-,37-,38-,40-,41+,42+,43+,45-,46+,47+,48-,50-,51+,57-/m1/s1. The molecule has 3 fully saturated rings. The summed E-state index contributed by atoms with van der Waals surface area (Å²) in [6.45, 7) is 12.9.